The van der Waals surface area contributed by atoms with Gasteiger partial charge in [-0.2, -0.15) is 0 Å². The number of pyridine rings is 1. The van der Waals surface area contributed by atoms with Crippen molar-refractivity contribution in [3.63, 3.8) is 0 Å². The van der Waals surface area contributed by atoms with Crippen LogP contribution >= 0.6 is 12.2 Å². The van der Waals surface area contributed by atoms with Gasteiger partial charge in [-0.25, -0.2) is 0 Å². The minimum atomic E-state index is -1.07. The molecule has 8 nitrogen and oxygen atoms in total. The van der Waals surface area contributed by atoms with E-state index in [-0.39, 0.29) is 30.5 Å². The normalized spacial score (nSPS) is 32.7. The summed E-state index contributed by atoms with van der Waals surface area (Å²) >= 11 is 5.88. The third kappa shape index (κ3) is 4.51. The number of thiocarbonyl (C=S) groups is 1. The van der Waals surface area contributed by atoms with E-state index in [2.05, 4.69) is 22.5 Å². The number of methoxy groups -OCH3 is 1. The number of aromatic nitrogens is 1. The number of carbonyl (C=O) groups is 2. The lowest BCUT2D eigenvalue weighted by Crippen LogP contribution is -2.57. The summed E-state index contributed by atoms with van der Waals surface area (Å²) in [6, 6.07) is 10.6. The zero-order valence-corrected chi connectivity index (χ0v) is 23.0. The molecule has 3 fully saturated rings. The van der Waals surface area contributed by atoms with Crippen molar-refractivity contribution in [2.45, 2.75) is 62.9 Å². The van der Waals surface area contributed by atoms with Crippen LogP contribution in [0.2, 0.25) is 0 Å². The number of ether oxygens (including phenoxy) is 2. The molecule has 3 aliphatic heterocycles. The molecule has 2 aromatic rings. The Morgan fingerprint density at radius 1 is 1.26 bits per heavy atom. The Kier molecular flexibility index (Phi) is 6.89. The monoisotopic (exact) mass is 546 g/mol. The van der Waals surface area contributed by atoms with Gasteiger partial charge in [-0.1, -0.05) is 56.3 Å². The van der Waals surface area contributed by atoms with Crippen LogP contribution in [0, 0.1) is 17.8 Å². The Morgan fingerprint density at radius 2 is 2.10 bits per heavy atom. The average Bonchev–Trinajstić information content (AvgIpc) is 3.58. The smallest absolute Gasteiger partial charge is 0.246 e. The first-order valence-electron chi connectivity index (χ1n) is 13.7. The first kappa shape index (κ1) is 26.0. The number of amides is 2. The summed E-state index contributed by atoms with van der Waals surface area (Å²) in [6.07, 6.45) is 11.3. The van der Waals surface area contributed by atoms with Gasteiger partial charge in [0, 0.05) is 36.7 Å². The van der Waals surface area contributed by atoms with E-state index in [1.807, 2.05) is 48.6 Å². The molecule has 6 rings (SSSR count). The van der Waals surface area contributed by atoms with Gasteiger partial charge in [0.1, 0.15) is 17.4 Å². The molecule has 204 valence electrons. The predicted octanol–water partition coefficient (Wildman–Crippen LogP) is 3.88. The molecule has 2 saturated heterocycles. The van der Waals surface area contributed by atoms with Crippen LogP contribution in [0.4, 0.5) is 5.69 Å². The van der Waals surface area contributed by atoms with Gasteiger partial charge in [0.2, 0.25) is 11.8 Å². The first-order chi connectivity index (χ1) is 18.9. The second-order valence-corrected chi connectivity index (χ2v) is 11.6. The zero-order valence-electron chi connectivity index (χ0n) is 22.2. The van der Waals surface area contributed by atoms with Gasteiger partial charge in [0.15, 0.2) is 0 Å². The van der Waals surface area contributed by atoms with Crippen LogP contribution in [-0.2, 0) is 20.9 Å². The quantitative estimate of drug-likeness (QED) is 0.402. The van der Waals surface area contributed by atoms with Crippen molar-refractivity contribution in [1.29, 1.82) is 0 Å². The third-order valence-corrected chi connectivity index (χ3v) is 9.15. The Hall–Kier alpha value is -3.30. The summed E-state index contributed by atoms with van der Waals surface area (Å²) < 4.78 is 11.9. The van der Waals surface area contributed by atoms with Crippen molar-refractivity contribution in [1.82, 2.24) is 15.2 Å². The van der Waals surface area contributed by atoms with Gasteiger partial charge < -0.3 is 25.0 Å². The molecular formula is C30H34N4O4S. The molecule has 9 heteroatoms. The standard InChI is InChI=1S/C30H34N4O4S/c1-18-7-3-4-11-22(18)33-27(35)26-30-13-12-23(38-30)24(28(39)32-20-9-5-10-21(15-20)37-2)25(30)29(36)34(26)17-19-8-6-14-31-16-19/h5-6,8-10,12-16,18,22-26H,3-4,7,11,17H2,1-2H3,(H,32,39)(H,33,35). The SMILES string of the molecule is COc1cccc(NC(=S)C2C3C=CC4(O3)C2C(=O)N(Cc2cccnc2)C4C(=O)NC2CCCCC2C)c1. The van der Waals surface area contributed by atoms with Gasteiger partial charge in [0.25, 0.3) is 0 Å². The highest BCUT2D eigenvalue weighted by molar-refractivity contribution is 7.80. The Labute approximate surface area is 234 Å². The summed E-state index contributed by atoms with van der Waals surface area (Å²) in [6.45, 7) is 2.46. The Balaban J connectivity index is 1.32. The fourth-order valence-electron chi connectivity index (χ4n) is 6.84. The molecule has 7 unspecified atom stereocenters. The molecular weight excluding hydrogens is 512 g/mol. The molecule has 1 spiro atoms. The van der Waals surface area contributed by atoms with Crippen molar-refractivity contribution < 1.29 is 19.1 Å². The maximum Gasteiger partial charge on any atom is 0.246 e. The average molecular weight is 547 g/mol. The molecule has 4 heterocycles. The van der Waals surface area contributed by atoms with Crippen LogP contribution in [0.1, 0.15) is 38.2 Å². The lowest BCUT2D eigenvalue weighted by atomic mass is 9.74. The number of hydrogen-bond acceptors (Lipinski definition) is 6. The van der Waals surface area contributed by atoms with Crippen LogP contribution in [0.5, 0.6) is 5.75 Å². The highest BCUT2D eigenvalue weighted by atomic mass is 32.1. The van der Waals surface area contributed by atoms with E-state index in [1.165, 1.54) is 6.42 Å². The summed E-state index contributed by atoms with van der Waals surface area (Å²) in [5, 5.41) is 6.62. The van der Waals surface area contributed by atoms with E-state index in [9.17, 15) is 9.59 Å². The van der Waals surface area contributed by atoms with Crippen molar-refractivity contribution in [3.05, 3.63) is 66.5 Å². The number of carbonyl (C=O) groups excluding carboxylic acids is 2. The maximum atomic E-state index is 14.2. The summed E-state index contributed by atoms with van der Waals surface area (Å²) in [5.74, 6) is -0.186. The molecule has 39 heavy (non-hydrogen) atoms. The number of hydrogen-bond donors (Lipinski definition) is 2. The Morgan fingerprint density at radius 3 is 2.87 bits per heavy atom. The number of nitrogens with zero attached hydrogens (tertiary/aromatic N) is 2. The highest BCUT2D eigenvalue weighted by Crippen LogP contribution is 2.55. The van der Waals surface area contributed by atoms with E-state index >= 15 is 0 Å². The summed E-state index contributed by atoms with van der Waals surface area (Å²) in [5.41, 5.74) is 0.563. The van der Waals surface area contributed by atoms with Crippen LogP contribution in [0.15, 0.2) is 60.9 Å². The minimum Gasteiger partial charge on any atom is -0.497 e. The molecule has 1 saturated carbocycles. The molecule has 2 amide bonds. The molecule has 0 radical (unpaired) electrons. The van der Waals surface area contributed by atoms with Crippen LogP contribution in [-0.4, -0.2) is 57.6 Å². The number of nitrogens with one attached hydrogen (secondary N) is 2. The number of anilines is 1. The molecule has 2 N–H and O–H groups in total. The van der Waals surface area contributed by atoms with Gasteiger partial charge >= 0.3 is 0 Å². The third-order valence-electron chi connectivity index (χ3n) is 8.78. The van der Waals surface area contributed by atoms with Crippen molar-refractivity contribution in [2.24, 2.45) is 17.8 Å². The Bertz CT molecular complexity index is 1300. The zero-order chi connectivity index (χ0) is 27.1. The molecule has 1 aromatic carbocycles. The van der Waals surface area contributed by atoms with E-state index < -0.39 is 23.5 Å². The van der Waals surface area contributed by atoms with Crippen LogP contribution < -0.4 is 15.4 Å². The van der Waals surface area contributed by atoms with E-state index in [1.54, 1.807) is 24.4 Å². The maximum absolute atomic E-state index is 14.2. The van der Waals surface area contributed by atoms with Gasteiger partial charge in [-0.15, -0.1) is 0 Å². The molecule has 2 bridgehead atoms. The van der Waals surface area contributed by atoms with Crippen LogP contribution in [0.3, 0.4) is 0 Å². The fourth-order valence-corrected chi connectivity index (χ4v) is 7.23. The summed E-state index contributed by atoms with van der Waals surface area (Å²) in [7, 11) is 1.61. The van der Waals surface area contributed by atoms with Crippen molar-refractivity contribution in [3.8, 4) is 5.75 Å². The molecule has 1 aromatic heterocycles. The lowest BCUT2D eigenvalue weighted by molar-refractivity contribution is -0.140. The number of likely N-dealkylation sites (tertiary alicyclic amines) is 1. The molecule has 4 aliphatic rings. The van der Waals surface area contributed by atoms with E-state index in [4.69, 9.17) is 21.7 Å². The molecule has 7 atom stereocenters. The largest absolute Gasteiger partial charge is 0.497 e. The van der Waals surface area contributed by atoms with E-state index in [0.29, 0.717) is 16.7 Å². The summed E-state index contributed by atoms with van der Waals surface area (Å²) in [4.78, 5) is 34.7. The molecule has 1 aliphatic carbocycles. The first-order valence-corrected chi connectivity index (χ1v) is 14.1. The van der Waals surface area contributed by atoms with Gasteiger partial charge in [-0.3, -0.25) is 14.6 Å². The number of fused-ring (bicyclic) bond motifs is 1. The van der Waals surface area contributed by atoms with Crippen LogP contribution in [0.25, 0.3) is 0 Å². The second-order valence-electron chi connectivity index (χ2n) is 11.1. The lowest BCUT2D eigenvalue weighted by Gasteiger charge is -2.36. The van der Waals surface area contributed by atoms with Crippen molar-refractivity contribution >= 4 is 34.7 Å². The number of benzene rings is 1. The van der Waals surface area contributed by atoms with Gasteiger partial charge in [0.05, 0.1) is 30.0 Å². The fraction of sp³-hybridized carbons (Fsp3) is 0.467. The second kappa shape index (κ2) is 10.4. The number of rotatable bonds is 7. The van der Waals surface area contributed by atoms with Crippen molar-refractivity contribution in [2.75, 3.05) is 12.4 Å². The predicted molar refractivity (Wildman–Crippen MR) is 151 cm³/mol. The van der Waals surface area contributed by atoms with Gasteiger partial charge in [-0.05, 0) is 42.5 Å². The topological polar surface area (TPSA) is 92.8 Å². The minimum absolute atomic E-state index is 0.0891. The van der Waals surface area contributed by atoms with E-state index in [0.717, 1.165) is 30.5 Å². The highest BCUT2D eigenvalue weighted by Gasteiger charge is 2.72.